The lowest BCUT2D eigenvalue weighted by Gasteiger charge is -2.04. The number of rotatable bonds is 4. The molecule has 0 fully saturated rings. The molecule has 2 heterocycles. The van der Waals surface area contributed by atoms with Crippen molar-refractivity contribution in [3.8, 4) is 0 Å². The van der Waals surface area contributed by atoms with Crippen LogP contribution in [0.2, 0.25) is 0 Å². The molecule has 112 valence electrons. The summed E-state index contributed by atoms with van der Waals surface area (Å²) < 4.78 is 5.72. The number of methoxy groups -OCH3 is 1. The smallest absolute Gasteiger partial charge is 0.412 e. The lowest BCUT2D eigenvalue weighted by molar-refractivity contribution is -0.116. The summed E-state index contributed by atoms with van der Waals surface area (Å²) in [7, 11) is 1.24. The Morgan fingerprint density at radius 2 is 2.14 bits per heavy atom. The van der Waals surface area contributed by atoms with Crippen molar-refractivity contribution >= 4 is 23.5 Å². The predicted molar refractivity (Wildman–Crippen MR) is 72.7 cm³/mol. The van der Waals surface area contributed by atoms with Crippen LogP contribution in [0.3, 0.4) is 0 Å². The molecule has 0 aliphatic carbocycles. The lowest BCUT2D eigenvalue weighted by Crippen LogP contribution is -2.19. The van der Waals surface area contributed by atoms with Crippen LogP contribution in [-0.2, 0) is 16.1 Å². The Morgan fingerprint density at radius 3 is 2.76 bits per heavy atom. The minimum atomic E-state index is -0.656. The highest BCUT2D eigenvalue weighted by molar-refractivity contribution is 5.91. The van der Waals surface area contributed by atoms with Crippen LogP contribution in [0.5, 0.6) is 0 Å². The van der Waals surface area contributed by atoms with Gasteiger partial charge >= 0.3 is 6.09 Å². The van der Waals surface area contributed by atoms with E-state index in [0.717, 1.165) is 5.69 Å². The maximum absolute atomic E-state index is 11.9. The highest BCUT2D eigenvalue weighted by Gasteiger charge is 2.12. The molecule has 0 aliphatic rings. The van der Waals surface area contributed by atoms with Gasteiger partial charge in [-0.15, -0.1) is 5.10 Å². The quantitative estimate of drug-likeness (QED) is 0.750. The number of carbonyl (C=O) groups excluding carboxylic acids is 2. The molecule has 0 saturated carbocycles. The molecule has 0 bridgehead atoms. The number of hydrogen-bond acceptors (Lipinski definition) is 6. The molecular weight excluding hydrogens is 278 g/mol. The number of H-pyrrole nitrogens is 1. The van der Waals surface area contributed by atoms with Crippen LogP contribution in [0.1, 0.15) is 11.4 Å². The average molecular weight is 293 g/mol. The Kier molecular flexibility index (Phi) is 4.16. The molecule has 2 aromatic rings. The standard InChI is InChI=1S/C11H15N7O3/c1-6-10(7(2)15-14-6)13-9(19)5-18-4-8(16-17-18)12-11(20)21-3/h4H,5H2,1-3H3,(H,12,20)(H,13,19)(H,14,15). The van der Waals surface area contributed by atoms with E-state index >= 15 is 0 Å². The number of aromatic nitrogens is 5. The summed E-state index contributed by atoms with van der Waals surface area (Å²) in [6, 6.07) is 0. The number of hydrogen-bond donors (Lipinski definition) is 3. The topological polar surface area (TPSA) is 127 Å². The maximum atomic E-state index is 11.9. The zero-order valence-electron chi connectivity index (χ0n) is 11.8. The molecule has 0 atom stereocenters. The normalized spacial score (nSPS) is 10.2. The van der Waals surface area contributed by atoms with Gasteiger partial charge in [-0.3, -0.25) is 15.2 Å². The van der Waals surface area contributed by atoms with Crippen LogP contribution in [0.4, 0.5) is 16.3 Å². The van der Waals surface area contributed by atoms with Crippen molar-refractivity contribution in [3.63, 3.8) is 0 Å². The molecule has 0 aliphatic heterocycles. The number of nitrogens with one attached hydrogen (secondary N) is 3. The molecule has 0 saturated heterocycles. The van der Waals surface area contributed by atoms with Crippen molar-refractivity contribution in [3.05, 3.63) is 17.6 Å². The third-order valence-electron chi connectivity index (χ3n) is 2.65. The Labute approximate surface area is 119 Å². The summed E-state index contributed by atoms with van der Waals surface area (Å²) in [6.07, 6.45) is 0.766. The first-order chi connectivity index (χ1) is 9.99. The van der Waals surface area contributed by atoms with E-state index in [9.17, 15) is 9.59 Å². The minimum absolute atomic E-state index is 0.0418. The fraction of sp³-hybridized carbons (Fsp3) is 0.364. The summed E-state index contributed by atoms with van der Waals surface area (Å²) in [4.78, 5) is 22.9. The van der Waals surface area contributed by atoms with E-state index in [4.69, 9.17) is 0 Å². The number of anilines is 2. The van der Waals surface area contributed by atoms with Gasteiger partial charge in [0.05, 0.1) is 30.4 Å². The lowest BCUT2D eigenvalue weighted by atomic mass is 10.3. The number of aromatic amines is 1. The maximum Gasteiger partial charge on any atom is 0.412 e. The number of amides is 2. The van der Waals surface area contributed by atoms with Crippen LogP contribution in [0.25, 0.3) is 0 Å². The Morgan fingerprint density at radius 1 is 1.38 bits per heavy atom. The fourth-order valence-electron chi connectivity index (χ4n) is 1.65. The van der Waals surface area contributed by atoms with E-state index < -0.39 is 6.09 Å². The number of aryl methyl sites for hydroxylation is 2. The van der Waals surface area contributed by atoms with E-state index in [1.54, 1.807) is 6.92 Å². The second-order valence-electron chi connectivity index (χ2n) is 4.28. The zero-order valence-corrected chi connectivity index (χ0v) is 11.8. The van der Waals surface area contributed by atoms with Gasteiger partial charge in [0, 0.05) is 0 Å². The highest BCUT2D eigenvalue weighted by Crippen LogP contribution is 2.15. The molecule has 21 heavy (non-hydrogen) atoms. The van der Waals surface area contributed by atoms with Crippen LogP contribution < -0.4 is 10.6 Å². The molecule has 0 radical (unpaired) electrons. The van der Waals surface area contributed by atoms with Gasteiger partial charge in [-0.2, -0.15) is 5.10 Å². The van der Waals surface area contributed by atoms with E-state index in [1.807, 2.05) is 6.92 Å². The summed E-state index contributed by atoms with van der Waals surface area (Å²) in [5, 5.41) is 19.3. The van der Waals surface area contributed by atoms with Crippen molar-refractivity contribution in [1.29, 1.82) is 0 Å². The zero-order chi connectivity index (χ0) is 15.4. The number of nitrogens with zero attached hydrogens (tertiary/aromatic N) is 4. The summed E-state index contributed by atoms with van der Waals surface area (Å²) in [5.41, 5.74) is 2.12. The van der Waals surface area contributed by atoms with Crippen molar-refractivity contribution in [2.75, 3.05) is 17.7 Å². The number of carbonyl (C=O) groups is 2. The van der Waals surface area contributed by atoms with Crippen molar-refractivity contribution in [1.82, 2.24) is 25.2 Å². The van der Waals surface area contributed by atoms with Crippen LogP contribution >= 0.6 is 0 Å². The monoisotopic (exact) mass is 293 g/mol. The SMILES string of the molecule is COC(=O)Nc1cn(CC(=O)Nc2c(C)n[nH]c2C)nn1. The molecule has 2 rings (SSSR count). The van der Waals surface area contributed by atoms with E-state index in [0.29, 0.717) is 11.4 Å². The molecule has 2 aromatic heterocycles. The van der Waals surface area contributed by atoms with Gasteiger partial charge < -0.3 is 10.1 Å². The van der Waals surface area contributed by atoms with Gasteiger partial charge in [-0.1, -0.05) is 5.21 Å². The van der Waals surface area contributed by atoms with Crippen LogP contribution in [0, 0.1) is 13.8 Å². The summed E-state index contributed by atoms with van der Waals surface area (Å²) >= 11 is 0. The third kappa shape index (κ3) is 3.55. The van der Waals surface area contributed by atoms with Gasteiger partial charge in [0.25, 0.3) is 0 Å². The Bertz CT molecular complexity index is 641. The van der Waals surface area contributed by atoms with Gasteiger partial charge in [-0.05, 0) is 13.8 Å². The average Bonchev–Trinajstić information content (AvgIpc) is 3.00. The minimum Gasteiger partial charge on any atom is -0.453 e. The Balaban J connectivity index is 1.96. The summed E-state index contributed by atoms with van der Waals surface area (Å²) in [5.74, 6) is -0.0811. The Hall–Kier alpha value is -2.91. The third-order valence-corrected chi connectivity index (χ3v) is 2.65. The van der Waals surface area contributed by atoms with Crippen molar-refractivity contribution < 1.29 is 14.3 Å². The predicted octanol–water partition coefficient (Wildman–Crippen LogP) is 0.435. The summed E-state index contributed by atoms with van der Waals surface area (Å²) in [6.45, 7) is 3.55. The van der Waals surface area contributed by atoms with Gasteiger partial charge in [0.15, 0.2) is 5.82 Å². The molecule has 2 amide bonds. The van der Waals surface area contributed by atoms with Crippen molar-refractivity contribution in [2.24, 2.45) is 0 Å². The molecule has 3 N–H and O–H groups in total. The van der Waals surface area contributed by atoms with Crippen molar-refractivity contribution in [2.45, 2.75) is 20.4 Å². The van der Waals surface area contributed by atoms with E-state index in [2.05, 4.69) is 35.9 Å². The van der Waals surface area contributed by atoms with Gasteiger partial charge in [0.1, 0.15) is 6.54 Å². The fourth-order valence-corrected chi connectivity index (χ4v) is 1.65. The second-order valence-corrected chi connectivity index (χ2v) is 4.28. The number of ether oxygens (including phenoxy) is 1. The second kappa shape index (κ2) is 6.03. The van der Waals surface area contributed by atoms with Gasteiger partial charge in [-0.25, -0.2) is 9.48 Å². The van der Waals surface area contributed by atoms with E-state index in [-0.39, 0.29) is 18.3 Å². The first-order valence-corrected chi connectivity index (χ1v) is 6.06. The van der Waals surface area contributed by atoms with Crippen LogP contribution in [-0.4, -0.2) is 44.3 Å². The highest BCUT2D eigenvalue weighted by atomic mass is 16.5. The van der Waals surface area contributed by atoms with E-state index in [1.165, 1.54) is 18.0 Å². The molecular formula is C11H15N7O3. The molecule has 10 nitrogen and oxygen atoms in total. The molecule has 0 spiro atoms. The molecule has 0 aromatic carbocycles. The first kappa shape index (κ1) is 14.5. The largest absolute Gasteiger partial charge is 0.453 e. The molecule has 0 unspecified atom stereocenters. The molecule has 10 heteroatoms. The van der Waals surface area contributed by atoms with Crippen LogP contribution in [0.15, 0.2) is 6.20 Å². The first-order valence-electron chi connectivity index (χ1n) is 6.06. The van der Waals surface area contributed by atoms with Gasteiger partial charge in [0.2, 0.25) is 5.91 Å².